The summed E-state index contributed by atoms with van der Waals surface area (Å²) in [5.74, 6) is 4.57. The normalized spacial score (nSPS) is 10.6. The minimum atomic E-state index is -0.795. The largest absolute Gasteiger partial charge is 0.487 e. The van der Waals surface area contributed by atoms with Crippen molar-refractivity contribution >= 4 is 11.6 Å². The van der Waals surface area contributed by atoms with Crippen LogP contribution in [0.4, 0.5) is 5.69 Å². The lowest BCUT2D eigenvalue weighted by molar-refractivity contribution is -0.385. The lowest BCUT2D eigenvalue weighted by atomic mass is 10.1. The molecule has 0 radical (unpaired) electrons. The highest BCUT2D eigenvalue weighted by molar-refractivity contribution is 5.94. The second kappa shape index (κ2) is 7.53. The molecule has 0 unspecified atom stereocenters. The zero-order valence-electron chi connectivity index (χ0n) is 13.6. The molecular weight excluding hydrogens is 330 g/mol. The fourth-order valence-electron chi connectivity index (χ4n) is 2.00. The van der Waals surface area contributed by atoms with E-state index in [2.05, 4.69) is 10.2 Å². The van der Waals surface area contributed by atoms with Crippen molar-refractivity contribution in [3.63, 3.8) is 0 Å². The van der Waals surface area contributed by atoms with Gasteiger partial charge in [0, 0.05) is 11.6 Å². The fraction of sp³-hybridized carbons (Fsp3) is 0.267. The summed E-state index contributed by atoms with van der Waals surface area (Å²) >= 11 is 0. The summed E-state index contributed by atoms with van der Waals surface area (Å²) in [5.41, 5.74) is 1.15. The van der Waals surface area contributed by atoms with Gasteiger partial charge in [0.25, 0.3) is 11.5 Å². The number of carbonyl (C=O) groups excluding carboxylic acids is 1. The Morgan fingerprint density at radius 1 is 1.44 bits per heavy atom. The van der Waals surface area contributed by atoms with E-state index in [4.69, 9.17) is 10.6 Å². The summed E-state index contributed by atoms with van der Waals surface area (Å²) in [6, 6.07) is 5.47. The van der Waals surface area contributed by atoms with Crippen LogP contribution in [-0.2, 0) is 0 Å². The molecule has 1 heterocycles. The standard InChI is InChI=1S/C15H17N5O5/c1-8(2)7-25-13-4-3-9(5-12(13)20(23)24)11-6-10(14(21)17-16)15(22)19-18-11/h3-6,8H,7,16H2,1-2H3,(H,17,21)(H,19,22). The number of nitro groups is 1. The third-order valence-corrected chi connectivity index (χ3v) is 3.20. The third-order valence-electron chi connectivity index (χ3n) is 3.20. The number of nitrogen functional groups attached to an aromatic ring is 1. The van der Waals surface area contributed by atoms with E-state index >= 15 is 0 Å². The maximum Gasteiger partial charge on any atom is 0.311 e. The van der Waals surface area contributed by atoms with Crippen LogP contribution in [0.3, 0.4) is 0 Å². The minimum absolute atomic E-state index is 0.131. The maximum atomic E-state index is 11.6. The van der Waals surface area contributed by atoms with E-state index in [9.17, 15) is 19.7 Å². The molecule has 0 atom stereocenters. The number of aromatic amines is 1. The first-order chi connectivity index (χ1) is 11.8. The molecule has 0 spiro atoms. The molecule has 2 aromatic rings. The van der Waals surface area contributed by atoms with E-state index in [1.807, 2.05) is 19.3 Å². The first-order valence-electron chi connectivity index (χ1n) is 7.35. The Kier molecular flexibility index (Phi) is 5.45. The Morgan fingerprint density at radius 2 is 2.16 bits per heavy atom. The number of hydrogen-bond acceptors (Lipinski definition) is 7. The van der Waals surface area contributed by atoms with Gasteiger partial charge < -0.3 is 4.74 Å². The average molecular weight is 347 g/mol. The molecule has 1 aromatic carbocycles. The number of carbonyl (C=O) groups is 1. The number of H-pyrrole nitrogens is 1. The van der Waals surface area contributed by atoms with Crippen molar-refractivity contribution in [1.29, 1.82) is 0 Å². The molecule has 0 aliphatic carbocycles. The van der Waals surface area contributed by atoms with Crippen LogP contribution in [-0.4, -0.2) is 27.6 Å². The van der Waals surface area contributed by atoms with Crippen LogP contribution in [0.2, 0.25) is 0 Å². The smallest absolute Gasteiger partial charge is 0.311 e. The van der Waals surface area contributed by atoms with Crippen molar-refractivity contribution in [2.75, 3.05) is 6.61 Å². The molecule has 25 heavy (non-hydrogen) atoms. The summed E-state index contributed by atoms with van der Waals surface area (Å²) in [7, 11) is 0. The summed E-state index contributed by atoms with van der Waals surface area (Å²) in [6.07, 6.45) is 0. The van der Waals surface area contributed by atoms with E-state index in [1.54, 1.807) is 6.07 Å². The van der Waals surface area contributed by atoms with Gasteiger partial charge in [-0.25, -0.2) is 10.9 Å². The van der Waals surface area contributed by atoms with Gasteiger partial charge >= 0.3 is 5.69 Å². The number of benzene rings is 1. The Bertz CT molecular complexity index is 862. The Morgan fingerprint density at radius 3 is 2.76 bits per heavy atom. The van der Waals surface area contributed by atoms with Gasteiger partial charge in [-0.05, 0) is 24.1 Å². The van der Waals surface area contributed by atoms with Gasteiger partial charge in [0.1, 0.15) is 5.56 Å². The second-order valence-corrected chi connectivity index (χ2v) is 5.61. The Labute approximate surface area is 142 Å². The van der Waals surface area contributed by atoms with Crippen LogP contribution < -0.4 is 21.6 Å². The predicted octanol–water partition coefficient (Wildman–Crippen LogP) is 0.983. The van der Waals surface area contributed by atoms with Crippen molar-refractivity contribution in [3.8, 4) is 17.0 Å². The van der Waals surface area contributed by atoms with Crippen molar-refractivity contribution < 1.29 is 14.5 Å². The van der Waals surface area contributed by atoms with Gasteiger partial charge in [-0.1, -0.05) is 13.8 Å². The van der Waals surface area contributed by atoms with E-state index < -0.39 is 16.4 Å². The van der Waals surface area contributed by atoms with Gasteiger partial charge in [0.15, 0.2) is 5.75 Å². The molecule has 0 bridgehead atoms. The fourth-order valence-corrected chi connectivity index (χ4v) is 2.00. The first-order valence-corrected chi connectivity index (χ1v) is 7.35. The Balaban J connectivity index is 2.46. The molecular formula is C15H17N5O5. The number of ether oxygens (including phenoxy) is 1. The lowest BCUT2D eigenvalue weighted by Crippen LogP contribution is -2.34. The zero-order chi connectivity index (χ0) is 18.6. The van der Waals surface area contributed by atoms with Crippen LogP contribution >= 0.6 is 0 Å². The van der Waals surface area contributed by atoms with Crippen molar-refractivity contribution in [2.24, 2.45) is 11.8 Å². The number of rotatable bonds is 6. The number of hydrazine groups is 1. The molecule has 10 heteroatoms. The van der Waals surface area contributed by atoms with Gasteiger partial charge in [-0.15, -0.1) is 0 Å². The van der Waals surface area contributed by atoms with E-state index in [1.165, 1.54) is 18.2 Å². The SMILES string of the molecule is CC(C)COc1ccc(-c2cc(C(=O)NN)c(=O)[nH]n2)cc1[N+](=O)[O-]. The van der Waals surface area contributed by atoms with E-state index in [0.29, 0.717) is 12.2 Å². The van der Waals surface area contributed by atoms with Crippen LogP contribution in [0.15, 0.2) is 29.1 Å². The maximum absolute atomic E-state index is 11.6. The number of nitro benzene ring substituents is 1. The van der Waals surface area contributed by atoms with Gasteiger partial charge in [-0.2, -0.15) is 5.10 Å². The average Bonchev–Trinajstić information content (AvgIpc) is 2.59. The number of nitrogens with two attached hydrogens (primary N) is 1. The summed E-state index contributed by atoms with van der Waals surface area (Å²) < 4.78 is 5.45. The molecule has 132 valence electrons. The number of nitrogens with zero attached hydrogens (tertiary/aromatic N) is 2. The quantitative estimate of drug-likeness (QED) is 0.304. The van der Waals surface area contributed by atoms with Gasteiger partial charge in [-0.3, -0.25) is 25.1 Å². The number of hydrogen-bond donors (Lipinski definition) is 3. The van der Waals surface area contributed by atoms with Gasteiger partial charge in [0.05, 0.1) is 17.2 Å². The third kappa shape index (κ3) is 4.18. The predicted molar refractivity (Wildman–Crippen MR) is 88.9 cm³/mol. The lowest BCUT2D eigenvalue weighted by Gasteiger charge is -2.10. The number of aromatic nitrogens is 2. The molecule has 2 rings (SSSR count). The molecule has 0 saturated carbocycles. The highest BCUT2D eigenvalue weighted by Crippen LogP contribution is 2.31. The van der Waals surface area contributed by atoms with Crippen LogP contribution in [0, 0.1) is 16.0 Å². The molecule has 0 saturated heterocycles. The molecule has 10 nitrogen and oxygen atoms in total. The van der Waals surface area contributed by atoms with Crippen LogP contribution in [0.1, 0.15) is 24.2 Å². The van der Waals surface area contributed by atoms with Gasteiger partial charge in [0.2, 0.25) is 0 Å². The molecule has 1 amide bonds. The van der Waals surface area contributed by atoms with Crippen LogP contribution in [0.25, 0.3) is 11.3 Å². The van der Waals surface area contributed by atoms with Crippen molar-refractivity contribution in [2.45, 2.75) is 13.8 Å². The Hall–Kier alpha value is -3.27. The van der Waals surface area contributed by atoms with E-state index in [0.717, 1.165) is 0 Å². The summed E-state index contributed by atoms with van der Waals surface area (Å²) in [6.45, 7) is 4.18. The molecule has 4 N–H and O–H groups in total. The summed E-state index contributed by atoms with van der Waals surface area (Å²) in [4.78, 5) is 33.9. The number of amides is 1. The highest BCUT2D eigenvalue weighted by Gasteiger charge is 2.19. The summed E-state index contributed by atoms with van der Waals surface area (Å²) in [5, 5.41) is 17.3. The topological polar surface area (TPSA) is 153 Å². The minimum Gasteiger partial charge on any atom is -0.487 e. The molecule has 0 fully saturated rings. The second-order valence-electron chi connectivity index (χ2n) is 5.61. The molecule has 0 aliphatic heterocycles. The molecule has 0 aliphatic rings. The highest BCUT2D eigenvalue weighted by atomic mass is 16.6. The van der Waals surface area contributed by atoms with Crippen LogP contribution in [0.5, 0.6) is 5.75 Å². The monoisotopic (exact) mass is 347 g/mol. The van der Waals surface area contributed by atoms with Crippen molar-refractivity contribution in [3.05, 3.63) is 50.3 Å². The zero-order valence-corrected chi connectivity index (χ0v) is 13.6. The van der Waals surface area contributed by atoms with Crippen molar-refractivity contribution in [1.82, 2.24) is 15.6 Å². The number of nitrogens with one attached hydrogen (secondary N) is 2. The van der Waals surface area contributed by atoms with E-state index in [-0.39, 0.29) is 28.6 Å². The first kappa shape index (κ1) is 18.1. The molecule has 1 aromatic heterocycles.